The highest BCUT2D eigenvalue weighted by atomic mass is 16.2. The first-order chi connectivity index (χ1) is 7.99. The topological polar surface area (TPSA) is 84.2 Å². The van der Waals surface area contributed by atoms with Crippen LogP contribution in [-0.2, 0) is 9.59 Å². The summed E-state index contributed by atoms with van der Waals surface area (Å²) in [4.78, 5) is 22.9. The Kier molecular flexibility index (Phi) is 5.80. The van der Waals surface area contributed by atoms with Crippen molar-refractivity contribution in [1.29, 1.82) is 0 Å². The Morgan fingerprint density at radius 1 is 1.17 bits per heavy atom. The molecule has 0 saturated heterocycles. The highest BCUT2D eigenvalue weighted by molar-refractivity contribution is 5.82. The van der Waals surface area contributed by atoms with Crippen LogP contribution in [0.1, 0.15) is 54.4 Å². The molecular weight excluding hydrogens is 230 g/mol. The Morgan fingerprint density at radius 2 is 1.67 bits per heavy atom. The minimum absolute atomic E-state index is 0.0700. The molecule has 18 heavy (non-hydrogen) atoms. The van der Waals surface area contributed by atoms with Crippen molar-refractivity contribution in [3.63, 3.8) is 0 Å². The van der Waals surface area contributed by atoms with Crippen LogP contribution in [0, 0.1) is 0 Å². The molecule has 0 fully saturated rings. The summed E-state index contributed by atoms with van der Waals surface area (Å²) >= 11 is 0. The quantitative estimate of drug-likeness (QED) is 0.634. The van der Waals surface area contributed by atoms with Crippen LogP contribution in [0.2, 0.25) is 0 Å². The minimum Gasteiger partial charge on any atom is -0.370 e. The van der Waals surface area contributed by atoms with Gasteiger partial charge in [-0.1, -0.05) is 6.92 Å². The fraction of sp³-hybridized carbons (Fsp3) is 0.846. The molecule has 0 heterocycles. The van der Waals surface area contributed by atoms with E-state index in [0.29, 0.717) is 0 Å². The third kappa shape index (κ3) is 6.59. The average Bonchev–Trinajstić information content (AvgIpc) is 2.13. The Labute approximate surface area is 110 Å². The van der Waals surface area contributed by atoms with E-state index in [2.05, 4.69) is 10.6 Å². The van der Waals surface area contributed by atoms with Gasteiger partial charge in [0.25, 0.3) is 0 Å². The predicted octanol–water partition coefficient (Wildman–Crippen LogP) is 0.923. The zero-order valence-electron chi connectivity index (χ0n) is 12.4. The molecule has 1 atom stereocenters. The third-order valence-corrected chi connectivity index (χ3v) is 2.96. The number of hydrogen-bond donors (Lipinski definition) is 3. The fourth-order valence-electron chi connectivity index (χ4n) is 1.67. The van der Waals surface area contributed by atoms with Gasteiger partial charge in [-0.25, -0.2) is 0 Å². The maximum Gasteiger partial charge on any atom is 0.237 e. The predicted molar refractivity (Wildman–Crippen MR) is 73.0 cm³/mol. The lowest BCUT2D eigenvalue weighted by Crippen LogP contribution is -2.56. The van der Waals surface area contributed by atoms with Crippen LogP contribution in [0.4, 0.5) is 0 Å². The van der Waals surface area contributed by atoms with Crippen molar-refractivity contribution >= 4 is 11.8 Å². The second-order valence-corrected chi connectivity index (χ2v) is 6.12. The van der Waals surface area contributed by atoms with Crippen LogP contribution in [0.25, 0.3) is 0 Å². The van der Waals surface area contributed by atoms with Gasteiger partial charge in [0.2, 0.25) is 11.8 Å². The zero-order valence-corrected chi connectivity index (χ0v) is 12.4. The van der Waals surface area contributed by atoms with E-state index in [0.717, 1.165) is 6.42 Å². The Morgan fingerprint density at radius 3 is 2.06 bits per heavy atom. The Hall–Kier alpha value is -1.10. The lowest BCUT2D eigenvalue weighted by Gasteiger charge is -2.31. The van der Waals surface area contributed by atoms with E-state index in [9.17, 15) is 9.59 Å². The van der Waals surface area contributed by atoms with Crippen LogP contribution in [0.15, 0.2) is 0 Å². The maximum atomic E-state index is 12.0. The fourth-order valence-corrected chi connectivity index (χ4v) is 1.67. The molecule has 0 aromatic heterocycles. The number of rotatable bonds is 7. The molecule has 2 amide bonds. The SMILES string of the molecule is CCC(C)(C)NC(=O)C(C)NC(C)(C)CC(N)=O. The molecule has 0 saturated carbocycles. The van der Waals surface area contributed by atoms with E-state index in [1.54, 1.807) is 6.92 Å². The number of carbonyl (C=O) groups excluding carboxylic acids is 2. The average molecular weight is 257 g/mol. The Bertz CT molecular complexity index is 311. The second kappa shape index (κ2) is 6.18. The zero-order chi connectivity index (χ0) is 14.6. The van der Waals surface area contributed by atoms with Gasteiger partial charge < -0.3 is 16.4 Å². The van der Waals surface area contributed by atoms with E-state index in [1.807, 2.05) is 34.6 Å². The van der Waals surface area contributed by atoms with Gasteiger partial charge in [0, 0.05) is 17.5 Å². The first kappa shape index (κ1) is 16.9. The van der Waals surface area contributed by atoms with Crippen LogP contribution in [-0.4, -0.2) is 28.9 Å². The number of carbonyl (C=O) groups is 2. The van der Waals surface area contributed by atoms with Gasteiger partial charge in [-0.15, -0.1) is 0 Å². The first-order valence-corrected chi connectivity index (χ1v) is 6.37. The summed E-state index contributed by atoms with van der Waals surface area (Å²) in [5.74, 6) is -0.451. The van der Waals surface area contributed by atoms with Crippen LogP contribution < -0.4 is 16.4 Å². The molecule has 0 rings (SSSR count). The summed E-state index contributed by atoms with van der Waals surface area (Å²) in [5, 5.41) is 6.09. The molecule has 5 heteroatoms. The molecule has 5 nitrogen and oxygen atoms in total. The molecule has 106 valence electrons. The number of amides is 2. The lowest BCUT2D eigenvalue weighted by molar-refractivity contribution is -0.126. The van der Waals surface area contributed by atoms with Gasteiger partial charge in [0.05, 0.1) is 6.04 Å². The molecule has 0 radical (unpaired) electrons. The lowest BCUT2D eigenvalue weighted by atomic mass is 9.98. The van der Waals surface area contributed by atoms with Crippen molar-refractivity contribution in [1.82, 2.24) is 10.6 Å². The smallest absolute Gasteiger partial charge is 0.237 e. The maximum absolute atomic E-state index is 12.0. The van der Waals surface area contributed by atoms with Crippen LogP contribution in [0.3, 0.4) is 0 Å². The van der Waals surface area contributed by atoms with Crippen molar-refractivity contribution in [2.45, 2.75) is 71.5 Å². The molecule has 0 aliphatic rings. The summed E-state index contributed by atoms with van der Waals surface area (Å²) in [6.07, 6.45) is 1.05. The third-order valence-electron chi connectivity index (χ3n) is 2.96. The van der Waals surface area contributed by atoms with Crippen molar-refractivity contribution in [3.8, 4) is 0 Å². The van der Waals surface area contributed by atoms with Crippen molar-refractivity contribution in [3.05, 3.63) is 0 Å². The summed E-state index contributed by atoms with van der Waals surface area (Å²) in [7, 11) is 0. The van der Waals surface area contributed by atoms with E-state index >= 15 is 0 Å². The van der Waals surface area contributed by atoms with Crippen molar-refractivity contribution < 1.29 is 9.59 Å². The van der Waals surface area contributed by atoms with E-state index < -0.39 is 5.54 Å². The molecule has 0 aromatic rings. The molecule has 0 aromatic carbocycles. The number of nitrogens with one attached hydrogen (secondary N) is 2. The van der Waals surface area contributed by atoms with E-state index in [1.165, 1.54) is 0 Å². The number of hydrogen-bond acceptors (Lipinski definition) is 3. The summed E-state index contributed by atoms with van der Waals surface area (Å²) in [6.45, 7) is 11.5. The normalized spacial score (nSPS) is 14.1. The molecule has 0 aliphatic heterocycles. The van der Waals surface area contributed by atoms with Gasteiger partial charge in [0.1, 0.15) is 0 Å². The molecule has 0 spiro atoms. The van der Waals surface area contributed by atoms with Crippen LogP contribution in [0.5, 0.6) is 0 Å². The van der Waals surface area contributed by atoms with Crippen molar-refractivity contribution in [2.75, 3.05) is 0 Å². The first-order valence-electron chi connectivity index (χ1n) is 6.37. The molecular formula is C13H27N3O2. The molecule has 1 unspecified atom stereocenters. The largest absolute Gasteiger partial charge is 0.370 e. The van der Waals surface area contributed by atoms with Crippen molar-refractivity contribution in [2.24, 2.45) is 5.73 Å². The highest BCUT2D eigenvalue weighted by Crippen LogP contribution is 2.11. The second-order valence-electron chi connectivity index (χ2n) is 6.12. The number of primary amides is 1. The standard InChI is InChI=1S/C13H27N3O2/c1-7-12(3,4)16-11(18)9(2)15-13(5,6)8-10(14)17/h9,15H,7-8H2,1-6H3,(H2,14,17)(H,16,18). The van der Waals surface area contributed by atoms with Gasteiger partial charge in [-0.05, 0) is 41.0 Å². The van der Waals surface area contributed by atoms with Gasteiger partial charge in [0.15, 0.2) is 0 Å². The minimum atomic E-state index is -0.487. The van der Waals surface area contributed by atoms with Gasteiger partial charge in [-0.3, -0.25) is 9.59 Å². The van der Waals surface area contributed by atoms with E-state index in [-0.39, 0.29) is 29.8 Å². The van der Waals surface area contributed by atoms with Crippen LogP contribution >= 0.6 is 0 Å². The van der Waals surface area contributed by atoms with Gasteiger partial charge in [-0.2, -0.15) is 0 Å². The number of nitrogens with two attached hydrogens (primary N) is 1. The highest BCUT2D eigenvalue weighted by Gasteiger charge is 2.27. The van der Waals surface area contributed by atoms with Gasteiger partial charge >= 0.3 is 0 Å². The molecule has 4 N–H and O–H groups in total. The van der Waals surface area contributed by atoms with E-state index in [4.69, 9.17) is 5.73 Å². The molecule has 0 bridgehead atoms. The summed E-state index contributed by atoms with van der Waals surface area (Å²) in [6, 6.07) is -0.370. The molecule has 0 aliphatic carbocycles. The summed E-state index contributed by atoms with van der Waals surface area (Å²) < 4.78 is 0. The Balaban J connectivity index is 4.44. The monoisotopic (exact) mass is 257 g/mol. The summed E-state index contributed by atoms with van der Waals surface area (Å²) in [5.41, 5.74) is 4.47.